The molecule has 4 nitrogen and oxygen atoms in total. The number of fused-ring (bicyclic) bond motifs is 3. The highest BCUT2D eigenvalue weighted by Gasteiger charge is 2.17. The van der Waals surface area contributed by atoms with Gasteiger partial charge in [-0.3, -0.25) is 0 Å². The van der Waals surface area contributed by atoms with E-state index in [1.54, 1.807) is 42.5 Å². The standard InChI is InChI=1S/C45H30N4/c1-4-13-31(14-5-1)33-23-25-35(26-24-33)44-46-43(34-17-8-3-9-18-34)47-45(48-44)37-27-28-42-40(30-37)39-21-10-11-22-41(39)49(42)38-20-12-19-36(29-38)32-15-6-2-7-16-32/h1-30H/i2D,6D,7D,10D,11D,12D,15D,16D,19D,20D,21D,22D,27D,28D,29D,30D. The first-order valence-corrected chi connectivity index (χ1v) is 15.2. The van der Waals surface area contributed by atoms with Gasteiger partial charge in [0.05, 0.1) is 33.0 Å². The molecule has 0 unspecified atom stereocenters. The molecular formula is C45H30N4. The monoisotopic (exact) mass is 642 g/mol. The van der Waals surface area contributed by atoms with Crippen LogP contribution in [0.4, 0.5) is 0 Å². The molecule has 0 saturated heterocycles. The molecule has 0 atom stereocenters. The van der Waals surface area contributed by atoms with Gasteiger partial charge in [-0.25, -0.2) is 15.0 Å². The maximum atomic E-state index is 9.78. The van der Waals surface area contributed by atoms with Crippen LogP contribution in [-0.2, 0) is 0 Å². The van der Waals surface area contributed by atoms with Gasteiger partial charge < -0.3 is 4.57 Å². The van der Waals surface area contributed by atoms with Gasteiger partial charge in [0, 0.05) is 33.2 Å². The summed E-state index contributed by atoms with van der Waals surface area (Å²) >= 11 is 0. The van der Waals surface area contributed by atoms with Gasteiger partial charge in [-0.15, -0.1) is 0 Å². The first-order valence-electron chi connectivity index (χ1n) is 23.2. The second-order valence-corrected chi connectivity index (χ2v) is 10.9. The number of para-hydroxylation sites is 1. The molecule has 9 aromatic rings. The van der Waals surface area contributed by atoms with Gasteiger partial charge in [-0.05, 0) is 58.5 Å². The van der Waals surface area contributed by atoms with Crippen LogP contribution in [0.1, 0.15) is 21.9 Å². The molecule has 0 fully saturated rings. The molecule has 4 heteroatoms. The molecule has 0 aliphatic carbocycles. The van der Waals surface area contributed by atoms with Crippen LogP contribution in [-0.4, -0.2) is 19.5 Å². The van der Waals surface area contributed by atoms with E-state index >= 15 is 0 Å². The number of rotatable bonds is 6. The third-order valence-corrected chi connectivity index (χ3v) is 7.88. The van der Waals surface area contributed by atoms with Crippen molar-refractivity contribution in [1.82, 2.24) is 19.5 Å². The van der Waals surface area contributed by atoms with Crippen molar-refractivity contribution in [2.24, 2.45) is 0 Å². The largest absolute Gasteiger partial charge is 0.309 e. The van der Waals surface area contributed by atoms with Gasteiger partial charge in [0.1, 0.15) is 0 Å². The molecule has 0 aliphatic heterocycles. The molecule has 0 aliphatic rings. The lowest BCUT2D eigenvalue weighted by Crippen LogP contribution is -2.00. The zero-order valence-electron chi connectivity index (χ0n) is 41.4. The Balaban J connectivity index is 1.39. The van der Waals surface area contributed by atoms with Crippen molar-refractivity contribution in [3.8, 4) is 62.1 Å². The summed E-state index contributed by atoms with van der Waals surface area (Å²) in [6.07, 6.45) is 0. The maximum Gasteiger partial charge on any atom is 0.164 e. The molecule has 49 heavy (non-hydrogen) atoms. The van der Waals surface area contributed by atoms with Crippen molar-refractivity contribution in [2.75, 3.05) is 0 Å². The summed E-state index contributed by atoms with van der Waals surface area (Å²) in [5, 5.41) is -0.660. The molecule has 7 aromatic carbocycles. The molecule has 0 N–H and O–H groups in total. The smallest absolute Gasteiger partial charge is 0.164 e. The van der Waals surface area contributed by atoms with Gasteiger partial charge >= 0.3 is 0 Å². The van der Waals surface area contributed by atoms with Crippen LogP contribution < -0.4 is 0 Å². The second-order valence-electron chi connectivity index (χ2n) is 10.9. The van der Waals surface area contributed by atoms with Crippen LogP contribution in [0.15, 0.2) is 182 Å². The van der Waals surface area contributed by atoms with Crippen molar-refractivity contribution in [3.63, 3.8) is 0 Å². The van der Waals surface area contributed by atoms with E-state index in [4.69, 9.17) is 31.4 Å². The Morgan fingerprint density at radius 1 is 0.367 bits per heavy atom. The predicted octanol–water partition coefficient (Wildman–Crippen LogP) is 11.3. The van der Waals surface area contributed by atoms with E-state index in [0.717, 1.165) is 15.7 Å². The summed E-state index contributed by atoms with van der Waals surface area (Å²) in [4.78, 5) is 14.2. The Morgan fingerprint density at radius 3 is 1.65 bits per heavy atom. The van der Waals surface area contributed by atoms with Crippen LogP contribution in [0.25, 0.3) is 83.9 Å². The highest BCUT2D eigenvalue weighted by molar-refractivity contribution is 6.10. The fourth-order valence-corrected chi connectivity index (χ4v) is 5.57. The summed E-state index contributed by atoms with van der Waals surface area (Å²) in [7, 11) is 0. The van der Waals surface area contributed by atoms with Gasteiger partial charge in [0.25, 0.3) is 0 Å². The quantitative estimate of drug-likeness (QED) is 0.181. The van der Waals surface area contributed by atoms with Crippen LogP contribution in [0, 0.1) is 0 Å². The Bertz CT molecular complexity index is 3460. The zero-order chi connectivity index (χ0) is 46.5. The molecule has 9 rings (SSSR count). The minimum Gasteiger partial charge on any atom is -0.309 e. The number of benzene rings is 7. The average molecular weight is 643 g/mol. The first kappa shape index (κ1) is 16.4. The van der Waals surface area contributed by atoms with E-state index in [9.17, 15) is 5.48 Å². The van der Waals surface area contributed by atoms with E-state index in [2.05, 4.69) is 0 Å². The van der Waals surface area contributed by atoms with E-state index in [-0.39, 0.29) is 33.8 Å². The zero-order valence-corrected chi connectivity index (χ0v) is 25.4. The van der Waals surface area contributed by atoms with E-state index < -0.39 is 125 Å². The third kappa shape index (κ3) is 5.35. The van der Waals surface area contributed by atoms with E-state index in [1.807, 2.05) is 42.5 Å². The number of hydrogen-bond acceptors (Lipinski definition) is 3. The van der Waals surface area contributed by atoms with Crippen molar-refractivity contribution in [2.45, 2.75) is 0 Å². The van der Waals surface area contributed by atoms with Gasteiger partial charge in [0.2, 0.25) is 0 Å². The fourth-order valence-electron chi connectivity index (χ4n) is 5.57. The molecule has 0 bridgehead atoms. The van der Waals surface area contributed by atoms with Crippen molar-refractivity contribution in [1.29, 1.82) is 0 Å². The second kappa shape index (κ2) is 12.2. The molecule has 0 saturated carbocycles. The third-order valence-electron chi connectivity index (χ3n) is 7.88. The predicted molar refractivity (Wildman–Crippen MR) is 201 cm³/mol. The lowest BCUT2D eigenvalue weighted by Gasteiger charge is -2.11. The summed E-state index contributed by atoms with van der Waals surface area (Å²) in [5.74, 6) is 0.0920. The molecule has 0 amide bonds. The van der Waals surface area contributed by atoms with Gasteiger partial charge in [0.15, 0.2) is 17.5 Å². The molecule has 0 radical (unpaired) electrons. The summed E-state index contributed by atoms with van der Waals surface area (Å²) in [6, 6.07) is 13.7. The molecule has 230 valence electrons. The SMILES string of the molecule is [2H]c1c([2H])c([2H])c(-c2c([2H])c([2H])c([2H])c(-n3c4c([2H])c([2H])c([2H])c([2H])c4c4c([2H])c(-c5nc(-c6ccccc6)nc(-c6ccc(-c7ccccc7)cc6)n5)c([2H])c([2H])c43)c2[2H])c([2H])c1[2H]. The van der Waals surface area contributed by atoms with Crippen molar-refractivity contribution in [3.05, 3.63) is 182 Å². The average Bonchev–Trinajstić information content (AvgIpc) is 3.68. The van der Waals surface area contributed by atoms with Crippen LogP contribution >= 0.6 is 0 Å². The Kier molecular flexibility index (Phi) is 4.09. The number of aromatic nitrogens is 4. The normalized spacial score (nSPS) is 15.8. The Labute approximate surface area is 307 Å². The topological polar surface area (TPSA) is 43.6 Å². The van der Waals surface area contributed by atoms with Crippen LogP contribution in [0.3, 0.4) is 0 Å². The maximum absolute atomic E-state index is 9.78. The minimum absolute atomic E-state index is 0.152. The van der Waals surface area contributed by atoms with Crippen LogP contribution in [0.2, 0.25) is 0 Å². The Hall–Kier alpha value is -6.65. The molecule has 0 spiro atoms. The summed E-state index contributed by atoms with van der Waals surface area (Å²) in [6.45, 7) is 0. The summed E-state index contributed by atoms with van der Waals surface area (Å²) < 4.78 is 143. The highest BCUT2D eigenvalue weighted by Crippen LogP contribution is 2.36. The van der Waals surface area contributed by atoms with E-state index in [1.165, 1.54) is 0 Å². The van der Waals surface area contributed by atoms with Gasteiger partial charge in [-0.1, -0.05) is 145 Å². The Morgan fingerprint density at radius 2 is 0.918 bits per heavy atom. The molecule has 2 heterocycles. The van der Waals surface area contributed by atoms with Crippen LogP contribution in [0.5, 0.6) is 0 Å². The molecule has 2 aromatic heterocycles. The fraction of sp³-hybridized carbons (Fsp3) is 0. The summed E-state index contributed by atoms with van der Waals surface area (Å²) in [5.41, 5.74) is -0.151. The minimum atomic E-state index is -0.878. The van der Waals surface area contributed by atoms with E-state index in [0.29, 0.717) is 11.1 Å². The highest BCUT2D eigenvalue weighted by atomic mass is 15.0. The molecular weight excluding hydrogens is 597 g/mol. The van der Waals surface area contributed by atoms with Gasteiger partial charge in [-0.2, -0.15) is 0 Å². The number of nitrogens with zero attached hydrogens (tertiary/aromatic N) is 4. The first-order chi connectivity index (χ1) is 31.0. The lowest BCUT2D eigenvalue weighted by molar-refractivity contribution is 1.07. The van der Waals surface area contributed by atoms with Crippen molar-refractivity contribution < 1.29 is 21.9 Å². The van der Waals surface area contributed by atoms with Crippen molar-refractivity contribution >= 4 is 21.8 Å². The number of hydrogen-bond donors (Lipinski definition) is 0. The lowest BCUT2D eigenvalue weighted by atomic mass is 10.0.